The van der Waals surface area contributed by atoms with Crippen molar-refractivity contribution in [3.8, 4) is 5.75 Å². The Kier molecular flexibility index (Phi) is 5.58. The second-order valence-electron chi connectivity index (χ2n) is 4.35. The van der Waals surface area contributed by atoms with Crippen LogP contribution < -0.4 is 5.73 Å². The first-order valence-corrected chi connectivity index (χ1v) is 6.00. The van der Waals surface area contributed by atoms with Gasteiger partial charge in [-0.2, -0.15) is 0 Å². The number of nitrogens with two attached hydrogens (primary N) is 1. The molecule has 0 bridgehead atoms. The highest BCUT2D eigenvalue weighted by atomic mass is 19.1. The van der Waals surface area contributed by atoms with E-state index in [9.17, 15) is 14.3 Å². The molecule has 100 valence electrons. The Morgan fingerprint density at radius 2 is 2.17 bits per heavy atom. The first-order chi connectivity index (χ1) is 8.51. The summed E-state index contributed by atoms with van der Waals surface area (Å²) in [5.41, 5.74) is 5.80. The molecular weight excluding hydrogens is 235 g/mol. The predicted octanol–water partition coefficient (Wildman–Crippen LogP) is 1.62. The van der Waals surface area contributed by atoms with Gasteiger partial charge in [0, 0.05) is 12.6 Å². The molecule has 0 saturated heterocycles. The Labute approximate surface area is 106 Å². The number of phenolic OH excluding ortho intramolecular Hbond substituents is 1. The number of halogens is 1. The zero-order valence-electron chi connectivity index (χ0n) is 10.5. The number of unbranched alkanes of at least 4 members (excludes halogenated alkanes) is 1. The maximum absolute atomic E-state index is 13.1. The number of amides is 1. The van der Waals surface area contributed by atoms with Gasteiger partial charge >= 0.3 is 0 Å². The van der Waals surface area contributed by atoms with Crippen LogP contribution in [-0.2, 0) is 11.3 Å². The number of phenols is 1. The SMILES string of the molecule is CCCCN(CC(N)=O)Cc1cc(O)cc(F)c1. The molecule has 18 heavy (non-hydrogen) atoms. The van der Waals surface area contributed by atoms with Gasteiger partial charge in [0.2, 0.25) is 5.91 Å². The van der Waals surface area contributed by atoms with Crippen LogP contribution in [0.2, 0.25) is 0 Å². The molecule has 0 spiro atoms. The molecule has 0 aliphatic heterocycles. The van der Waals surface area contributed by atoms with Gasteiger partial charge in [-0.05, 0) is 30.7 Å². The van der Waals surface area contributed by atoms with Crippen molar-refractivity contribution in [2.24, 2.45) is 5.73 Å². The number of carbonyl (C=O) groups excluding carboxylic acids is 1. The molecule has 3 N–H and O–H groups in total. The maximum Gasteiger partial charge on any atom is 0.231 e. The zero-order valence-corrected chi connectivity index (χ0v) is 10.5. The van der Waals surface area contributed by atoms with Gasteiger partial charge in [0.25, 0.3) is 0 Å². The summed E-state index contributed by atoms with van der Waals surface area (Å²) in [6, 6.07) is 3.89. The molecule has 4 nitrogen and oxygen atoms in total. The number of carbonyl (C=O) groups is 1. The van der Waals surface area contributed by atoms with Gasteiger partial charge in [0.15, 0.2) is 0 Å². The van der Waals surface area contributed by atoms with Gasteiger partial charge in [0.05, 0.1) is 6.54 Å². The van der Waals surface area contributed by atoms with Crippen molar-refractivity contribution >= 4 is 5.91 Å². The molecule has 5 heteroatoms. The van der Waals surface area contributed by atoms with Crippen LogP contribution in [0.1, 0.15) is 25.3 Å². The number of hydrogen-bond acceptors (Lipinski definition) is 3. The van der Waals surface area contributed by atoms with E-state index in [0.717, 1.165) is 25.5 Å². The van der Waals surface area contributed by atoms with Crippen LogP contribution in [0.5, 0.6) is 5.75 Å². The molecule has 0 saturated carbocycles. The van der Waals surface area contributed by atoms with Crippen LogP contribution >= 0.6 is 0 Å². The lowest BCUT2D eigenvalue weighted by Crippen LogP contribution is -2.34. The highest BCUT2D eigenvalue weighted by molar-refractivity contribution is 5.75. The summed E-state index contributed by atoms with van der Waals surface area (Å²) in [7, 11) is 0. The molecule has 0 aliphatic rings. The van der Waals surface area contributed by atoms with Crippen molar-refractivity contribution in [3.63, 3.8) is 0 Å². The van der Waals surface area contributed by atoms with E-state index in [1.807, 2.05) is 4.90 Å². The van der Waals surface area contributed by atoms with Crippen LogP contribution in [0, 0.1) is 5.82 Å². The fraction of sp³-hybridized carbons (Fsp3) is 0.462. The van der Waals surface area contributed by atoms with Crippen LogP contribution in [0.25, 0.3) is 0 Å². The lowest BCUT2D eigenvalue weighted by atomic mass is 10.2. The number of benzene rings is 1. The topological polar surface area (TPSA) is 66.6 Å². The number of rotatable bonds is 7. The third kappa shape index (κ3) is 5.14. The largest absolute Gasteiger partial charge is 0.508 e. The van der Waals surface area contributed by atoms with Gasteiger partial charge in [0.1, 0.15) is 11.6 Å². The lowest BCUT2D eigenvalue weighted by Gasteiger charge is -2.20. The Bertz CT molecular complexity index is 390. The molecular formula is C13H19FN2O2. The quantitative estimate of drug-likeness (QED) is 0.777. The van der Waals surface area contributed by atoms with Crippen molar-refractivity contribution in [3.05, 3.63) is 29.6 Å². The van der Waals surface area contributed by atoms with Crippen LogP contribution in [0.15, 0.2) is 18.2 Å². The molecule has 0 heterocycles. The maximum atomic E-state index is 13.1. The van der Waals surface area contributed by atoms with E-state index < -0.39 is 11.7 Å². The minimum atomic E-state index is -0.487. The van der Waals surface area contributed by atoms with Crippen molar-refractivity contribution in [1.29, 1.82) is 0 Å². The summed E-state index contributed by atoms with van der Waals surface area (Å²) < 4.78 is 13.1. The molecule has 0 atom stereocenters. The Morgan fingerprint density at radius 3 is 2.72 bits per heavy atom. The average molecular weight is 254 g/mol. The fourth-order valence-corrected chi connectivity index (χ4v) is 1.80. The predicted molar refractivity (Wildman–Crippen MR) is 67.4 cm³/mol. The first-order valence-electron chi connectivity index (χ1n) is 6.00. The smallest absolute Gasteiger partial charge is 0.231 e. The molecule has 1 rings (SSSR count). The Morgan fingerprint density at radius 1 is 1.44 bits per heavy atom. The average Bonchev–Trinajstić information content (AvgIpc) is 2.23. The second kappa shape index (κ2) is 6.96. The van der Waals surface area contributed by atoms with E-state index in [1.54, 1.807) is 0 Å². The molecule has 0 unspecified atom stereocenters. The summed E-state index contributed by atoms with van der Waals surface area (Å²) in [6.45, 7) is 3.30. The summed E-state index contributed by atoms with van der Waals surface area (Å²) in [4.78, 5) is 12.8. The van der Waals surface area contributed by atoms with Crippen LogP contribution in [0.4, 0.5) is 4.39 Å². The van der Waals surface area contributed by atoms with E-state index in [-0.39, 0.29) is 12.3 Å². The number of aromatic hydroxyl groups is 1. The summed E-state index contributed by atoms with van der Waals surface area (Å²) >= 11 is 0. The van der Waals surface area contributed by atoms with Crippen molar-refractivity contribution in [2.45, 2.75) is 26.3 Å². The van der Waals surface area contributed by atoms with Gasteiger partial charge < -0.3 is 10.8 Å². The molecule has 0 radical (unpaired) electrons. The summed E-state index contributed by atoms with van der Waals surface area (Å²) in [6.07, 6.45) is 1.94. The van der Waals surface area contributed by atoms with E-state index in [0.29, 0.717) is 12.1 Å². The minimum absolute atomic E-state index is 0.112. The summed E-state index contributed by atoms with van der Waals surface area (Å²) in [5.74, 6) is -1.01. The molecule has 1 aromatic carbocycles. The second-order valence-corrected chi connectivity index (χ2v) is 4.35. The Balaban J connectivity index is 2.71. The van der Waals surface area contributed by atoms with E-state index >= 15 is 0 Å². The van der Waals surface area contributed by atoms with Gasteiger partial charge in [-0.15, -0.1) is 0 Å². The third-order valence-corrected chi connectivity index (χ3v) is 2.56. The van der Waals surface area contributed by atoms with Crippen molar-refractivity contribution < 1.29 is 14.3 Å². The first kappa shape index (κ1) is 14.4. The van der Waals surface area contributed by atoms with Crippen LogP contribution in [-0.4, -0.2) is 29.0 Å². The Hall–Kier alpha value is -1.62. The highest BCUT2D eigenvalue weighted by Crippen LogP contribution is 2.16. The normalized spacial score (nSPS) is 10.8. The molecule has 1 amide bonds. The van der Waals surface area contributed by atoms with Crippen molar-refractivity contribution in [1.82, 2.24) is 4.90 Å². The monoisotopic (exact) mass is 254 g/mol. The van der Waals surface area contributed by atoms with E-state index in [4.69, 9.17) is 5.73 Å². The number of primary amides is 1. The van der Waals surface area contributed by atoms with Gasteiger partial charge in [-0.25, -0.2) is 4.39 Å². The highest BCUT2D eigenvalue weighted by Gasteiger charge is 2.10. The zero-order chi connectivity index (χ0) is 13.5. The fourth-order valence-electron chi connectivity index (χ4n) is 1.80. The minimum Gasteiger partial charge on any atom is -0.508 e. The van der Waals surface area contributed by atoms with Crippen LogP contribution in [0.3, 0.4) is 0 Å². The molecule has 0 fully saturated rings. The van der Waals surface area contributed by atoms with Gasteiger partial charge in [-0.1, -0.05) is 13.3 Å². The number of nitrogens with zero attached hydrogens (tertiary/aromatic N) is 1. The summed E-state index contributed by atoms with van der Waals surface area (Å²) in [5, 5.41) is 9.31. The molecule has 0 aromatic heterocycles. The lowest BCUT2D eigenvalue weighted by molar-refractivity contribution is -0.119. The third-order valence-electron chi connectivity index (χ3n) is 2.56. The standard InChI is InChI=1S/C13H19FN2O2/c1-2-3-4-16(9-13(15)18)8-10-5-11(14)7-12(17)6-10/h5-7,17H,2-4,8-9H2,1H3,(H2,15,18). The van der Waals surface area contributed by atoms with Crippen molar-refractivity contribution in [2.75, 3.05) is 13.1 Å². The molecule has 0 aliphatic carbocycles. The van der Waals surface area contributed by atoms with Gasteiger partial charge in [-0.3, -0.25) is 9.69 Å². The van der Waals surface area contributed by atoms with E-state index in [1.165, 1.54) is 12.1 Å². The molecule has 1 aromatic rings. The number of hydrogen-bond donors (Lipinski definition) is 2. The van der Waals surface area contributed by atoms with E-state index in [2.05, 4.69) is 6.92 Å².